The van der Waals surface area contributed by atoms with Crippen LogP contribution in [0.2, 0.25) is 0 Å². The minimum atomic E-state index is -4.84. The van der Waals surface area contributed by atoms with Crippen molar-refractivity contribution in [1.82, 2.24) is 20.3 Å². The molecule has 3 fully saturated rings. The molecule has 7 rings (SSSR count). The number of rotatable bonds is 2. The summed E-state index contributed by atoms with van der Waals surface area (Å²) in [6.07, 6.45) is -2.55. The van der Waals surface area contributed by atoms with E-state index in [2.05, 4.69) is 20.2 Å². The van der Waals surface area contributed by atoms with Gasteiger partial charge in [0.1, 0.15) is 23.4 Å². The lowest BCUT2D eigenvalue weighted by Crippen LogP contribution is -2.62. The summed E-state index contributed by atoms with van der Waals surface area (Å²) in [6.45, 7) is 5.40. The predicted molar refractivity (Wildman–Crippen MR) is 136 cm³/mol. The van der Waals surface area contributed by atoms with Gasteiger partial charge in [0.2, 0.25) is 5.88 Å². The number of nitrogens with one attached hydrogen (secondary N) is 1. The summed E-state index contributed by atoms with van der Waals surface area (Å²) in [5.74, 6) is -0.686. The van der Waals surface area contributed by atoms with E-state index in [9.17, 15) is 18.3 Å². The lowest BCUT2D eigenvalue weighted by atomic mass is 9.94. The molecule has 0 radical (unpaired) electrons. The van der Waals surface area contributed by atoms with E-state index in [1.165, 1.54) is 6.92 Å². The van der Waals surface area contributed by atoms with Crippen LogP contribution in [0.3, 0.4) is 0 Å². The Labute approximate surface area is 221 Å². The molecule has 6 heterocycles. The highest BCUT2D eigenvalue weighted by Crippen LogP contribution is 2.54. The zero-order chi connectivity index (χ0) is 27.6. The van der Waals surface area contributed by atoms with E-state index in [-0.39, 0.29) is 51.9 Å². The van der Waals surface area contributed by atoms with Gasteiger partial charge in [-0.3, -0.25) is 0 Å². The Hall–Kier alpha value is -3.25. The normalized spacial score (nSPS) is 26.8. The SMILES string of the molecule is Cc1nc(N)cc(-c2nc3c4c(nc(C)c(C5(O)CC5)c4c2F)N2C[C@H]4CC[C@H](N4)[C@H]2[C@H](C)O3)c1C(F)(F)F. The number of halogens is 4. The van der Waals surface area contributed by atoms with Crippen molar-refractivity contribution in [2.75, 3.05) is 17.2 Å². The molecule has 4 N–H and O–H groups in total. The third-order valence-electron chi connectivity index (χ3n) is 8.68. The summed E-state index contributed by atoms with van der Waals surface area (Å²) in [5, 5.41) is 15.2. The number of fused-ring (bicyclic) bond motifs is 5. The molecule has 1 aliphatic carbocycles. The summed E-state index contributed by atoms with van der Waals surface area (Å²) in [5.41, 5.74) is 2.65. The van der Waals surface area contributed by atoms with Crippen LogP contribution in [0.25, 0.3) is 22.0 Å². The molecule has 3 aromatic heterocycles. The van der Waals surface area contributed by atoms with Crippen molar-refractivity contribution >= 4 is 22.4 Å². The number of anilines is 2. The van der Waals surface area contributed by atoms with E-state index in [0.717, 1.165) is 18.9 Å². The van der Waals surface area contributed by atoms with Crippen LogP contribution in [0.5, 0.6) is 5.88 Å². The quantitative estimate of drug-likeness (QED) is 0.414. The summed E-state index contributed by atoms with van der Waals surface area (Å²) >= 11 is 0. The van der Waals surface area contributed by atoms with E-state index in [1.807, 2.05) is 6.92 Å². The van der Waals surface area contributed by atoms with Gasteiger partial charge in [-0.05, 0) is 52.5 Å². The summed E-state index contributed by atoms with van der Waals surface area (Å²) < 4.78 is 66.0. The Morgan fingerprint density at radius 3 is 2.56 bits per heavy atom. The first kappa shape index (κ1) is 24.8. The van der Waals surface area contributed by atoms with Gasteiger partial charge in [-0.2, -0.15) is 13.2 Å². The predicted octanol–water partition coefficient (Wildman–Crippen LogP) is 4.12. The maximum atomic E-state index is 16.8. The summed E-state index contributed by atoms with van der Waals surface area (Å²) in [4.78, 5) is 15.2. The molecule has 0 aromatic carbocycles. The van der Waals surface area contributed by atoms with Gasteiger partial charge in [-0.1, -0.05) is 0 Å². The first-order valence-electron chi connectivity index (χ1n) is 13.2. The van der Waals surface area contributed by atoms with E-state index < -0.39 is 40.5 Å². The number of hydrogen-bond acceptors (Lipinski definition) is 8. The van der Waals surface area contributed by atoms with Crippen molar-refractivity contribution in [3.63, 3.8) is 0 Å². The Balaban J connectivity index is 1.59. The Bertz CT molecular complexity index is 1560. The highest BCUT2D eigenvalue weighted by molar-refractivity contribution is 6.02. The first-order valence-corrected chi connectivity index (χ1v) is 13.2. The summed E-state index contributed by atoms with van der Waals surface area (Å²) in [6, 6.07) is 1.20. The minimum Gasteiger partial charge on any atom is -0.472 e. The molecule has 3 aromatic rings. The topological polar surface area (TPSA) is 109 Å². The van der Waals surface area contributed by atoms with Crippen molar-refractivity contribution < 1.29 is 27.4 Å². The number of nitrogen functional groups attached to an aromatic ring is 1. The third-order valence-corrected chi connectivity index (χ3v) is 8.68. The molecule has 0 unspecified atom stereocenters. The van der Waals surface area contributed by atoms with E-state index in [0.29, 0.717) is 30.9 Å². The second-order valence-corrected chi connectivity index (χ2v) is 11.3. The van der Waals surface area contributed by atoms with Crippen LogP contribution in [0, 0.1) is 19.7 Å². The molecule has 0 amide bonds. The molecule has 39 heavy (non-hydrogen) atoms. The number of ether oxygens (including phenoxy) is 1. The molecule has 12 heteroatoms. The highest BCUT2D eigenvalue weighted by Gasteiger charge is 2.50. The van der Waals surface area contributed by atoms with Crippen LogP contribution in [-0.4, -0.2) is 50.8 Å². The van der Waals surface area contributed by atoms with Crippen LogP contribution < -0.4 is 20.7 Å². The molecule has 3 aliphatic heterocycles. The van der Waals surface area contributed by atoms with Gasteiger partial charge in [0.25, 0.3) is 0 Å². The fourth-order valence-corrected chi connectivity index (χ4v) is 6.98. The number of hydrogen-bond donors (Lipinski definition) is 3. The number of aromatic nitrogens is 3. The lowest BCUT2D eigenvalue weighted by Gasteiger charge is -2.43. The number of aryl methyl sites for hydroxylation is 2. The molecule has 4 atom stereocenters. The second-order valence-electron chi connectivity index (χ2n) is 11.3. The number of pyridine rings is 3. The van der Waals surface area contributed by atoms with Gasteiger partial charge in [-0.25, -0.2) is 19.3 Å². The maximum Gasteiger partial charge on any atom is 0.418 e. The van der Waals surface area contributed by atoms with Crippen LogP contribution in [0.15, 0.2) is 6.07 Å². The molecule has 0 spiro atoms. The van der Waals surface area contributed by atoms with Crippen LogP contribution in [0.1, 0.15) is 55.1 Å². The molecule has 2 bridgehead atoms. The smallest absolute Gasteiger partial charge is 0.418 e. The molecule has 8 nitrogen and oxygen atoms in total. The van der Waals surface area contributed by atoms with Crippen LogP contribution in [0.4, 0.5) is 29.2 Å². The van der Waals surface area contributed by atoms with Gasteiger partial charge in [-0.15, -0.1) is 0 Å². The van der Waals surface area contributed by atoms with Crippen molar-refractivity contribution in [2.24, 2.45) is 0 Å². The third kappa shape index (κ3) is 3.53. The van der Waals surface area contributed by atoms with Crippen molar-refractivity contribution in [1.29, 1.82) is 0 Å². The molecule has 1 saturated carbocycles. The Kier molecular flexibility index (Phi) is 5.02. The molecule has 4 aliphatic rings. The standard InChI is InChI=1S/C27H28F4N6O2/c1-10-19(27(29,30)31)14(8-16(32)33-10)22-21(28)17-18-24(34-11(2)20(17)26(38)6-7-26)37-9-13-4-5-15(35-13)23(37)12(3)39-25(18)36-22/h8,12-13,15,23,35,38H,4-7,9H2,1-3H3,(H2,32,33)/t12-,13+,15-,23+/m0/s1. The van der Waals surface area contributed by atoms with Gasteiger partial charge in [0.05, 0.1) is 28.3 Å². The first-order chi connectivity index (χ1) is 18.4. The fraction of sp³-hybridized carbons (Fsp3) is 0.519. The molecule has 2 saturated heterocycles. The lowest BCUT2D eigenvalue weighted by molar-refractivity contribution is -0.137. The number of nitrogens with zero attached hydrogens (tertiary/aromatic N) is 4. The van der Waals surface area contributed by atoms with E-state index in [1.54, 1.807) is 6.92 Å². The average molecular weight is 545 g/mol. The molecule has 206 valence electrons. The van der Waals surface area contributed by atoms with Crippen molar-refractivity contribution in [3.05, 3.63) is 34.4 Å². The van der Waals surface area contributed by atoms with E-state index in [4.69, 9.17) is 15.5 Å². The van der Waals surface area contributed by atoms with Crippen LogP contribution >= 0.6 is 0 Å². The van der Waals surface area contributed by atoms with Crippen molar-refractivity contribution in [3.8, 4) is 17.1 Å². The number of aliphatic hydroxyl groups is 1. The van der Waals surface area contributed by atoms with Crippen LogP contribution in [-0.2, 0) is 11.8 Å². The van der Waals surface area contributed by atoms with E-state index >= 15 is 4.39 Å². The Morgan fingerprint density at radius 2 is 1.87 bits per heavy atom. The largest absolute Gasteiger partial charge is 0.472 e. The van der Waals surface area contributed by atoms with Crippen molar-refractivity contribution in [2.45, 2.75) is 82.5 Å². The highest BCUT2D eigenvalue weighted by atomic mass is 19.4. The number of alkyl halides is 3. The summed E-state index contributed by atoms with van der Waals surface area (Å²) in [7, 11) is 0. The van der Waals surface area contributed by atoms with Gasteiger partial charge >= 0.3 is 6.18 Å². The van der Waals surface area contributed by atoms with Gasteiger partial charge in [0, 0.05) is 40.8 Å². The maximum absolute atomic E-state index is 16.8. The number of piperazine rings is 1. The number of nitrogens with two attached hydrogens (primary N) is 1. The fourth-order valence-electron chi connectivity index (χ4n) is 6.98. The molecular weight excluding hydrogens is 516 g/mol. The Morgan fingerprint density at radius 1 is 1.13 bits per heavy atom. The van der Waals surface area contributed by atoms with Gasteiger partial charge in [0.15, 0.2) is 5.82 Å². The minimum absolute atomic E-state index is 0.00242. The molecular formula is C27H28F4N6O2. The average Bonchev–Trinajstić information content (AvgIpc) is 3.50. The second kappa shape index (κ2) is 7.91. The zero-order valence-electron chi connectivity index (χ0n) is 21.7. The van der Waals surface area contributed by atoms with Gasteiger partial charge < -0.3 is 25.8 Å². The monoisotopic (exact) mass is 544 g/mol. The zero-order valence-corrected chi connectivity index (χ0v) is 21.7.